The number of hydrogen-bond acceptors (Lipinski definition) is 5. The van der Waals surface area contributed by atoms with Crippen molar-refractivity contribution in [2.45, 2.75) is 44.1 Å². The molecule has 0 aliphatic carbocycles. The summed E-state index contributed by atoms with van der Waals surface area (Å²) in [5.74, 6) is 0.0419. The minimum absolute atomic E-state index is 0.0241. The number of aryl methyl sites for hydroxylation is 2. The average Bonchev–Trinajstić information content (AvgIpc) is 2.27. The number of aliphatic hydroxyl groups excluding tert-OH is 1. The average molecular weight is 269 g/mol. The van der Waals surface area contributed by atoms with E-state index in [0.29, 0.717) is 10.6 Å². The lowest BCUT2D eigenvalue weighted by molar-refractivity contribution is 0.196. The second kappa shape index (κ2) is 6.06. The molecule has 2 unspecified atom stereocenters. The van der Waals surface area contributed by atoms with E-state index in [1.165, 1.54) is 11.8 Å². The minimum atomic E-state index is -0.460. The first-order valence-electron chi connectivity index (χ1n) is 5.67. The van der Waals surface area contributed by atoms with Gasteiger partial charge in [-0.15, -0.1) is 0 Å². The van der Waals surface area contributed by atoms with Gasteiger partial charge >= 0.3 is 0 Å². The van der Waals surface area contributed by atoms with Crippen LogP contribution in [0, 0.1) is 13.8 Å². The Bertz CT molecular complexity index is 461. The molecule has 5 nitrogen and oxygen atoms in total. The number of aromatic nitrogens is 1. The van der Waals surface area contributed by atoms with Crippen molar-refractivity contribution in [1.82, 2.24) is 4.98 Å². The van der Waals surface area contributed by atoms with Gasteiger partial charge in [-0.05, 0) is 32.4 Å². The molecule has 18 heavy (non-hydrogen) atoms. The Morgan fingerprint density at radius 3 is 2.56 bits per heavy atom. The first kappa shape index (κ1) is 14.8. The molecule has 0 fully saturated rings. The third-order valence-electron chi connectivity index (χ3n) is 2.65. The lowest BCUT2D eigenvalue weighted by Gasteiger charge is -2.17. The zero-order valence-corrected chi connectivity index (χ0v) is 11.8. The van der Waals surface area contributed by atoms with Gasteiger partial charge in [0, 0.05) is 10.9 Å². The van der Waals surface area contributed by atoms with Gasteiger partial charge < -0.3 is 16.0 Å². The molecule has 1 heterocycles. The molecule has 1 aromatic rings. The fourth-order valence-electron chi connectivity index (χ4n) is 1.52. The lowest BCUT2D eigenvalue weighted by Crippen LogP contribution is -2.20. The summed E-state index contributed by atoms with van der Waals surface area (Å²) < 4.78 is 0. The Kier molecular flexibility index (Phi) is 4.98. The zero-order valence-electron chi connectivity index (χ0n) is 11.0. The van der Waals surface area contributed by atoms with Crippen LogP contribution in [-0.4, -0.2) is 32.5 Å². The van der Waals surface area contributed by atoms with Crippen LogP contribution in [0.2, 0.25) is 0 Å². The summed E-state index contributed by atoms with van der Waals surface area (Å²) in [6.45, 7) is 7.41. The van der Waals surface area contributed by atoms with E-state index in [-0.39, 0.29) is 11.1 Å². The fraction of sp³-hybridized carbons (Fsp3) is 0.500. The van der Waals surface area contributed by atoms with E-state index in [4.69, 9.17) is 10.9 Å². The fourth-order valence-corrected chi connectivity index (χ4v) is 2.65. The predicted octanol–water partition coefficient (Wildman–Crippen LogP) is 1.65. The molecule has 0 aromatic carbocycles. The zero-order chi connectivity index (χ0) is 13.9. The van der Waals surface area contributed by atoms with Crippen molar-refractivity contribution in [2.75, 3.05) is 0 Å². The SMILES string of the molecule is Cc1cc(C)c(/C(N)=N/O)c(SC(C)C(C)O)n1. The van der Waals surface area contributed by atoms with Crippen LogP contribution < -0.4 is 5.73 Å². The number of amidine groups is 1. The van der Waals surface area contributed by atoms with Crippen molar-refractivity contribution in [2.24, 2.45) is 10.9 Å². The Balaban J connectivity index is 3.24. The summed E-state index contributed by atoms with van der Waals surface area (Å²) in [4.78, 5) is 4.41. The van der Waals surface area contributed by atoms with Gasteiger partial charge in [0.25, 0.3) is 0 Å². The monoisotopic (exact) mass is 269 g/mol. The summed E-state index contributed by atoms with van der Waals surface area (Å²) in [6, 6.07) is 1.88. The smallest absolute Gasteiger partial charge is 0.173 e. The van der Waals surface area contributed by atoms with Crippen LogP contribution in [0.5, 0.6) is 0 Å². The van der Waals surface area contributed by atoms with Crippen molar-refractivity contribution in [1.29, 1.82) is 0 Å². The van der Waals surface area contributed by atoms with Crippen LogP contribution in [0.15, 0.2) is 16.2 Å². The Morgan fingerprint density at radius 1 is 1.44 bits per heavy atom. The van der Waals surface area contributed by atoms with Crippen molar-refractivity contribution in [3.63, 3.8) is 0 Å². The Hall–Kier alpha value is -1.27. The van der Waals surface area contributed by atoms with Crippen LogP contribution in [-0.2, 0) is 0 Å². The molecule has 2 atom stereocenters. The molecule has 0 amide bonds. The van der Waals surface area contributed by atoms with E-state index in [2.05, 4.69) is 10.1 Å². The summed E-state index contributed by atoms with van der Waals surface area (Å²) in [6.07, 6.45) is -0.460. The molecule has 1 aromatic heterocycles. The summed E-state index contributed by atoms with van der Waals surface area (Å²) in [7, 11) is 0. The van der Waals surface area contributed by atoms with Gasteiger partial charge in [0.05, 0.1) is 11.7 Å². The second-order valence-corrected chi connectivity index (χ2v) is 5.68. The predicted molar refractivity (Wildman–Crippen MR) is 73.2 cm³/mol. The highest BCUT2D eigenvalue weighted by Crippen LogP contribution is 2.29. The molecule has 100 valence electrons. The highest BCUT2D eigenvalue weighted by molar-refractivity contribution is 8.00. The van der Waals surface area contributed by atoms with Crippen molar-refractivity contribution < 1.29 is 10.3 Å². The summed E-state index contributed by atoms with van der Waals surface area (Å²) in [5.41, 5.74) is 8.07. The molecule has 0 spiro atoms. The maximum absolute atomic E-state index is 9.55. The molecule has 0 bridgehead atoms. The standard InChI is InChI=1S/C12H19N3O2S/c1-6-5-7(2)14-12(10(6)11(13)15-17)18-9(4)8(3)16/h5,8-9,16-17H,1-4H3,(H2,13,15). The second-order valence-electron chi connectivity index (χ2n) is 4.31. The molecule has 6 heteroatoms. The van der Waals surface area contributed by atoms with Gasteiger partial charge in [0.2, 0.25) is 0 Å². The summed E-state index contributed by atoms with van der Waals surface area (Å²) >= 11 is 1.42. The van der Waals surface area contributed by atoms with Crippen LogP contribution in [0.4, 0.5) is 0 Å². The number of nitrogens with zero attached hydrogens (tertiary/aromatic N) is 2. The van der Waals surface area contributed by atoms with Crippen molar-refractivity contribution >= 4 is 17.6 Å². The number of rotatable bonds is 4. The molecule has 0 saturated carbocycles. The largest absolute Gasteiger partial charge is 0.409 e. The van der Waals surface area contributed by atoms with Crippen molar-refractivity contribution in [3.05, 3.63) is 22.9 Å². The maximum Gasteiger partial charge on any atom is 0.173 e. The van der Waals surface area contributed by atoms with E-state index in [1.54, 1.807) is 6.92 Å². The van der Waals surface area contributed by atoms with E-state index < -0.39 is 6.10 Å². The number of nitrogens with two attached hydrogens (primary N) is 1. The number of pyridine rings is 1. The first-order chi connectivity index (χ1) is 8.36. The molecule has 0 aliphatic heterocycles. The summed E-state index contributed by atoms with van der Waals surface area (Å²) in [5, 5.41) is 22.1. The highest BCUT2D eigenvalue weighted by atomic mass is 32.2. The van der Waals surface area contributed by atoms with Crippen molar-refractivity contribution in [3.8, 4) is 0 Å². The first-order valence-corrected chi connectivity index (χ1v) is 6.55. The van der Waals surface area contributed by atoms with Gasteiger partial charge in [0.1, 0.15) is 5.03 Å². The van der Waals surface area contributed by atoms with Gasteiger partial charge in [-0.25, -0.2) is 4.98 Å². The topological polar surface area (TPSA) is 91.7 Å². The third kappa shape index (κ3) is 3.36. The van der Waals surface area contributed by atoms with E-state index in [1.807, 2.05) is 26.8 Å². The Morgan fingerprint density at radius 2 is 2.06 bits per heavy atom. The molecular formula is C12H19N3O2S. The van der Waals surface area contributed by atoms with Gasteiger partial charge in [-0.1, -0.05) is 23.8 Å². The number of hydrogen-bond donors (Lipinski definition) is 3. The quantitative estimate of drug-likeness (QED) is 0.254. The molecular weight excluding hydrogens is 250 g/mol. The van der Waals surface area contributed by atoms with Crippen LogP contribution in [0.3, 0.4) is 0 Å². The third-order valence-corrected chi connectivity index (χ3v) is 3.94. The van der Waals surface area contributed by atoms with E-state index in [0.717, 1.165) is 11.3 Å². The van der Waals surface area contributed by atoms with Gasteiger partial charge in [0.15, 0.2) is 5.84 Å². The number of aliphatic hydroxyl groups is 1. The van der Waals surface area contributed by atoms with Crippen LogP contribution >= 0.6 is 11.8 Å². The highest BCUT2D eigenvalue weighted by Gasteiger charge is 2.18. The molecule has 0 aliphatic rings. The van der Waals surface area contributed by atoms with E-state index in [9.17, 15) is 5.11 Å². The van der Waals surface area contributed by atoms with Gasteiger partial charge in [-0.2, -0.15) is 0 Å². The number of oxime groups is 1. The molecule has 4 N–H and O–H groups in total. The van der Waals surface area contributed by atoms with Crippen LogP contribution in [0.1, 0.15) is 30.7 Å². The molecule has 1 rings (SSSR count). The van der Waals surface area contributed by atoms with E-state index >= 15 is 0 Å². The molecule has 0 saturated heterocycles. The lowest BCUT2D eigenvalue weighted by atomic mass is 10.1. The number of thioether (sulfide) groups is 1. The minimum Gasteiger partial charge on any atom is -0.409 e. The maximum atomic E-state index is 9.55. The molecule has 0 radical (unpaired) electrons. The van der Waals surface area contributed by atoms with Gasteiger partial charge in [-0.3, -0.25) is 0 Å². The normalized spacial score (nSPS) is 15.5. The van der Waals surface area contributed by atoms with Crippen LogP contribution in [0.25, 0.3) is 0 Å². The Labute approximate surface area is 111 Å².